The number of rotatable bonds is 6. The van der Waals surface area contributed by atoms with Gasteiger partial charge < -0.3 is 20.7 Å². The van der Waals surface area contributed by atoms with Gasteiger partial charge in [0.2, 0.25) is 11.8 Å². The molecule has 1 heterocycles. The van der Waals surface area contributed by atoms with Gasteiger partial charge in [-0.25, -0.2) is 4.79 Å². The summed E-state index contributed by atoms with van der Waals surface area (Å²) in [6.07, 6.45) is 1.69. The van der Waals surface area contributed by atoms with Gasteiger partial charge in [-0.1, -0.05) is 13.0 Å². The predicted molar refractivity (Wildman–Crippen MR) is 94.0 cm³/mol. The van der Waals surface area contributed by atoms with E-state index >= 15 is 0 Å². The summed E-state index contributed by atoms with van der Waals surface area (Å²) >= 11 is 0. The van der Waals surface area contributed by atoms with Crippen LogP contribution >= 0.6 is 0 Å². The van der Waals surface area contributed by atoms with Crippen molar-refractivity contribution in [2.24, 2.45) is 11.7 Å². The summed E-state index contributed by atoms with van der Waals surface area (Å²) in [5.74, 6) is -1.22. The summed E-state index contributed by atoms with van der Waals surface area (Å²) in [6.45, 7) is 3.00. The molecule has 0 aliphatic carbocycles. The van der Waals surface area contributed by atoms with Crippen LogP contribution < -0.4 is 11.1 Å². The van der Waals surface area contributed by atoms with Crippen LogP contribution in [0.25, 0.3) is 0 Å². The molecule has 1 aromatic rings. The second-order valence-corrected chi connectivity index (χ2v) is 6.39. The van der Waals surface area contributed by atoms with Crippen molar-refractivity contribution in [1.29, 1.82) is 0 Å². The van der Waals surface area contributed by atoms with Crippen molar-refractivity contribution in [3.8, 4) is 0 Å². The molecule has 0 spiro atoms. The Morgan fingerprint density at radius 1 is 1.32 bits per heavy atom. The largest absolute Gasteiger partial charge is 0.465 e. The highest BCUT2D eigenvalue weighted by atomic mass is 16.5. The van der Waals surface area contributed by atoms with Gasteiger partial charge in [0.1, 0.15) is 0 Å². The first-order valence-corrected chi connectivity index (χ1v) is 8.42. The molecular weight excluding hydrogens is 322 g/mol. The van der Waals surface area contributed by atoms with Crippen LogP contribution in [-0.4, -0.2) is 48.9 Å². The fourth-order valence-electron chi connectivity index (χ4n) is 3.03. The summed E-state index contributed by atoms with van der Waals surface area (Å²) in [6, 6.07) is 7.40. The number of hydrogen-bond acceptors (Lipinski definition) is 5. The number of carbonyl (C=O) groups excluding carboxylic acids is 3. The summed E-state index contributed by atoms with van der Waals surface area (Å²) in [5, 5.41) is 3.40. The molecule has 1 atom stereocenters. The quantitative estimate of drug-likeness (QED) is 0.757. The maximum Gasteiger partial charge on any atom is 0.337 e. The van der Waals surface area contributed by atoms with Crippen molar-refractivity contribution < 1.29 is 19.1 Å². The number of piperidine rings is 1. The highest BCUT2D eigenvalue weighted by Crippen LogP contribution is 2.20. The Morgan fingerprint density at radius 3 is 2.60 bits per heavy atom. The third-order valence-corrected chi connectivity index (χ3v) is 4.39. The smallest absolute Gasteiger partial charge is 0.337 e. The molecule has 0 aromatic heterocycles. The van der Waals surface area contributed by atoms with Crippen LogP contribution in [0.2, 0.25) is 0 Å². The number of anilines is 1. The molecule has 0 saturated carbocycles. The number of esters is 1. The number of carbonyl (C=O) groups is 3. The summed E-state index contributed by atoms with van der Waals surface area (Å²) in [7, 11) is 1.36. The minimum Gasteiger partial charge on any atom is -0.465 e. The zero-order valence-corrected chi connectivity index (χ0v) is 14.7. The fraction of sp³-hybridized carbons (Fsp3) is 0.500. The van der Waals surface area contributed by atoms with Gasteiger partial charge in [0.25, 0.3) is 0 Å². The fourth-order valence-corrected chi connectivity index (χ4v) is 3.03. The van der Waals surface area contributed by atoms with Crippen molar-refractivity contribution in [3.63, 3.8) is 0 Å². The van der Waals surface area contributed by atoms with Gasteiger partial charge in [0, 0.05) is 37.2 Å². The van der Waals surface area contributed by atoms with Crippen molar-refractivity contribution in [3.05, 3.63) is 29.8 Å². The number of ether oxygens (including phenoxy) is 1. The molecule has 0 radical (unpaired) electrons. The van der Waals surface area contributed by atoms with Gasteiger partial charge in [-0.05, 0) is 31.0 Å². The second kappa shape index (κ2) is 8.50. The highest BCUT2D eigenvalue weighted by molar-refractivity contribution is 5.90. The first-order chi connectivity index (χ1) is 11.9. The van der Waals surface area contributed by atoms with Crippen LogP contribution in [0, 0.1) is 5.92 Å². The molecule has 25 heavy (non-hydrogen) atoms. The molecule has 7 nitrogen and oxygen atoms in total. The third-order valence-electron chi connectivity index (χ3n) is 4.39. The van der Waals surface area contributed by atoms with E-state index in [1.807, 2.05) is 6.07 Å². The molecule has 136 valence electrons. The summed E-state index contributed by atoms with van der Waals surface area (Å²) < 4.78 is 4.73. The minimum absolute atomic E-state index is 0.0232. The van der Waals surface area contributed by atoms with E-state index in [9.17, 15) is 14.4 Å². The monoisotopic (exact) mass is 347 g/mol. The van der Waals surface area contributed by atoms with E-state index in [-0.39, 0.29) is 30.3 Å². The molecule has 1 aromatic carbocycles. The molecule has 1 fully saturated rings. The Bertz CT molecular complexity index is 639. The van der Waals surface area contributed by atoms with E-state index in [4.69, 9.17) is 10.5 Å². The van der Waals surface area contributed by atoms with Crippen molar-refractivity contribution in [2.45, 2.75) is 32.2 Å². The Hall–Kier alpha value is -2.57. The van der Waals surface area contributed by atoms with Crippen LogP contribution in [0.4, 0.5) is 5.69 Å². The number of methoxy groups -OCH3 is 1. The topological polar surface area (TPSA) is 102 Å². The first kappa shape index (κ1) is 18.8. The number of hydrogen-bond donors (Lipinski definition) is 2. The average Bonchev–Trinajstić information content (AvgIpc) is 2.60. The maximum absolute atomic E-state index is 12.3. The molecule has 0 bridgehead atoms. The lowest BCUT2D eigenvalue weighted by molar-refractivity contribution is -0.138. The first-order valence-electron chi connectivity index (χ1n) is 8.42. The van der Waals surface area contributed by atoms with Gasteiger partial charge in [0.15, 0.2) is 0 Å². The number of likely N-dealkylation sites (tertiary alicyclic amines) is 1. The molecule has 1 aliphatic rings. The summed E-state index contributed by atoms with van der Waals surface area (Å²) in [5.41, 5.74) is 6.52. The van der Waals surface area contributed by atoms with Crippen molar-refractivity contribution >= 4 is 23.5 Å². The molecule has 1 saturated heterocycles. The number of amides is 2. The normalized spacial score (nSPS) is 16.2. The van der Waals surface area contributed by atoms with Gasteiger partial charge in [0.05, 0.1) is 12.7 Å². The van der Waals surface area contributed by atoms with E-state index < -0.39 is 5.91 Å². The SMILES string of the molecule is COC(=O)c1cccc(NC2CCN(C(=O)[C@@H](C)CC(N)=O)CC2)c1. The van der Waals surface area contributed by atoms with Gasteiger partial charge >= 0.3 is 5.97 Å². The standard InChI is InChI=1S/C18H25N3O4/c1-12(10-16(19)22)17(23)21-8-6-14(7-9-21)20-15-5-3-4-13(11-15)18(24)25-2/h3-5,11-12,14,20H,6-10H2,1-2H3,(H2,19,22)/t12-/m0/s1. The average molecular weight is 347 g/mol. The molecule has 3 N–H and O–H groups in total. The van der Waals surface area contributed by atoms with Gasteiger partial charge in [-0.15, -0.1) is 0 Å². The zero-order valence-electron chi connectivity index (χ0n) is 14.7. The van der Waals surface area contributed by atoms with Crippen molar-refractivity contribution in [1.82, 2.24) is 4.90 Å². The molecule has 7 heteroatoms. The van der Waals surface area contributed by atoms with Gasteiger partial charge in [-0.3, -0.25) is 9.59 Å². The Morgan fingerprint density at radius 2 is 2.00 bits per heavy atom. The highest BCUT2D eigenvalue weighted by Gasteiger charge is 2.26. The van der Waals surface area contributed by atoms with E-state index in [2.05, 4.69) is 5.32 Å². The Labute approximate surface area is 147 Å². The lowest BCUT2D eigenvalue weighted by Gasteiger charge is -2.34. The Kier molecular flexibility index (Phi) is 6.38. The van der Waals surface area contributed by atoms with Crippen LogP contribution in [0.3, 0.4) is 0 Å². The molecule has 0 unspecified atom stereocenters. The molecule has 2 rings (SSSR count). The van der Waals surface area contributed by atoms with Crippen molar-refractivity contribution in [2.75, 3.05) is 25.5 Å². The Balaban J connectivity index is 1.87. The molecular formula is C18H25N3O4. The van der Waals surface area contributed by atoms with Crippen LogP contribution in [0.15, 0.2) is 24.3 Å². The van der Waals surface area contributed by atoms with Crippen LogP contribution in [0.1, 0.15) is 36.5 Å². The number of primary amides is 1. The minimum atomic E-state index is -0.456. The number of nitrogens with zero attached hydrogens (tertiary/aromatic N) is 1. The van der Waals surface area contributed by atoms with Gasteiger partial charge in [-0.2, -0.15) is 0 Å². The second-order valence-electron chi connectivity index (χ2n) is 6.39. The van der Waals surface area contributed by atoms with Crippen LogP contribution in [0.5, 0.6) is 0 Å². The molecule has 2 amide bonds. The third kappa shape index (κ3) is 5.20. The van der Waals surface area contributed by atoms with E-state index in [0.29, 0.717) is 18.7 Å². The maximum atomic E-state index is 12.3. The lowest BCUT2D eigenvalue weighted by atomic mass is 10.0. The molecule has 1 aliphatic heterocycles. The lowest BCUT2D eigenvalue weighted by Crippen LogP contribution is -2.44. The summed E-state index contributed by atoms with van der Waals surface area (Å²) in [4.78, 5) is 36.6. The van der Waals surface area contributed by atoms with E-state index in [1.54, 1.807) is 30.0 Å². The zero-order chi connectivity index (χ0) is 18.4. The number of nitrogens with two attached hydrogens (primary N) is 1. The number of nitrogens with one attached hydrogen (secondary N) is 1. The van der Waals surface area contributed by atoms with E-state index in [0.717, 1.165) is 18.5 Å². The predicted octanol–water partition coefficient (Wildman–Crippen LogP) is 1.39. The number of benzene rings is 1. The van der Waals surface area contributed by atoms with Crippen LogP contribution in [-0.2, 0) is 14.3 Å². The van der Waals surface area contributed by atoms with E-state index in [1.165, 1.54) is 7.11 Å².